The van der Waals surface area contributed by atoms with Crippen molar-refractivity contribution in [1.82, 2.24) is 4.90 Å². The molecule has 8 heteroatoms. The maximum Gasteiger partial charge on any atom is 0.410 e. The van der Waals surface area contributed by atoms with Gasteiger partial charge < -0.3 is 35.2 Å². The lowest BCUT2D eigenvalue weighted by molar-refractivity contribution is -0.118. The molecule has 0 spiro atoms. The van der Waals surface area contributed by atoms with Gasteiger partial charge in [-0.3, -0.25) is 0 Å². The van der Waals surface area contributed by atoms with Gasteiger partial charge in [0.05, 0.1) is 13.2 Å². The minimum Gasteiger partial charge on any atom is -0.444 e. The van der Waals surface area contributed by atoms with Crippen molar-refractivity contribution >= 4 is 6.09 Å². The van der Waals surface area contributed by atoms with Crippen LogP contribution in [0.3, 0.4) is 0 Å². The topological polar surface area (TPSA) is 131 Å². The second-order valence-corrected chi connectivity index (χ2v) is 5.66. The predicted octanol–water partition coefficient (Wildman–Crippen LogP) is -1.71. The molecular formula is C12H25NO7. The fourth-order valence-corrected chi connectivity index (χ4v) is 1.37. The maximum atomic E-state index is 11.6. The summed E-state index contributed by atoms with van der Waals surface area (Å²) < 4.78 is 5.05. The summed E-state index contributed by atoms with van der Waals surface area (Å²) >= 11 is 0. The molecule has 20 heavy (non-hydrogen) atoms. The van der Waals surface area contributed by atoms with E-state index in [-0.39, 0.29) is 6.54 Å². The molecule has 1 amide bonds. The summed E-state index contributed by atoms with van der Waals surface area (Å²) in [5, 5.41) is 46.6. The lowest BCUT2D eigenvalue weighted by atomic mass is 10.0. The van der Waals surface area contributed by atoms with Crippen molar-refractivity contribution in [2.24, 2.45) is 0 Å². The summed E-state index contributed by atoms with van der Waals surface area (Å²) in [4.78, 5) is 12.7. The van der Waals surface area contributed by atoms with Crippen molar-refractivity contribution in [1.29, 1.82) is 0 Å². The van der Waals surface area contributed by atoms with Crippen LogP contribution in [0.5, 0.6) is 0 Å². The fraction of sp³-hybridized carbons (Fsp3) is 0.917. The summed E-state index contributed by atoms with van der Waals surface area (Å²) in [6.07, 6.45) is -7.19. The zero-order valence-electron chi connectivity index (χ0n) is 12.2. The number of carbonyl (C=O) groups is 1. The van der Waals surface area contributed by atoms with Gasteiger partial charge in [0.15, 0.2) is 0 Å². The van der Waals surface area contributed by atoms with Crippen molar-refractivity contribution in [3.05, 3.63) is 0 Å². The number of rotatable bonds is 6. The first-order chi connectivity index (χ1) is 8.99. The van der Waals surface area contributed by atoms with Gasteiger partial charge in [0.2, 0.25) is 0 Å². The molecule has 0 aromatic rings. The average Bonchev–Trinajstić information content (AvgIpc) is 2.33. The molecule has 0 fully saturated rings. The second-order valence-electron chi connectivity index (χ2n) is 5.66. The number of likely N-dealkylation sites (N-methyl/N-ethyl adjacent to an activating group) is 1. The number of aliphatic hydroxyl groups excluding tert-OH is 5. The summed E-state index contributed by atoms with van der Waals surface area (Å²) in [6.45, 7) is 4.00. The van der Waals surface area contributed by atoms with E-state index in [0.717, 1.165) is 4.90 Å². The molecule has 0 aliphatic heterocycles. The quantitative estimate of drug-likeness (QED) is 0.394. The molecule has 4 atom stereocenters. The molecule has 0 radical (unpaired) electrons. The van der Waals surface area contributed by atoms with Gasteiger partial charge in [0.25, 0.3) is 0 Å². The van der Waals surface area contributed by atoms with E-state index in [9.17, 15) is 20.1 Å². The van der Waals surface area contributed by atoms with Crippen LogP contribution in [0.2, 0.25) is 0 Å². The van der Waals surface area contributed by atoms with Crippen LogP contribution in [0.4, 0.5) is 4.79 Å². The van der Waals surface area contributed by atoms with E-state index in [2.05, 4.69) is 0 Å². The van der Waals surface area contributed by atoms with Crippen LogP contribution < -0.4 is 0 Å². The zero-order valence-corrected chi connectivity index (χ0v) is 12.2. The highest BCUT2D eigenvalue weighted by Crippen LogP contribution is 2.11. The van der Waals surface area contributed by atoms with Gasteiger partial charge in [0.1, 0.15) is 30.0 Å². The predicted molar refractivity (Wildman–Crippen MR) is 70.0 cm³/mol. The zero-order chi connectivity index (χ0) is 16.1. The number of hydrogen-bond donors (Lipinski definition) is 5. The third kappa shape index (κ3) is 6.49. The first kappa shape index (κ1) is 19.1. The Labute approximate surface area is 118 Å². The first-order valence-corrected chi connectivity index (χ1v) is 6.26. The number of amides is 1. The monoisotopic (exact) mass is 295 g/mol. The van der Waals surface area contributed by atoms with Crippen molar-refractivity contribution < 1.29 is 35.1 Å². The highest BCUT2D eigenvalue weighted by molar-refractivity contribution is 5.67. The Morgan fingerprint density at radius 1 is 1.10 bits per heavy atom. The summed E-state index contributed by atoms with van der Waals surface area (Å²) in [5.74, 6) is 0. The van der Waals surface area contributed by atoms with Gasteiger partial charge >= 0.3 is 6.09 Å². The Hall–Kier alpha value is -0.930. The van der Waals surface area contributed by atoms with Gasteiger partial charge in [-0.05, 0) is 20.8 Å². The fourth-order valence-electron chi connectivity index (χ4n) is 1.37. The van der Waals surface area contributed by atoms with E-state index < -0.39 is 42.7 Å². The van der Waals surface area contributed by atoms with Crippen LogP contribution in [0.1, 0.15) is 20.8 Å². The van der Waals surface area contributed by atoms with Crippen molar-refractivity contribution in [3.63, 3.8) is 0 Å². The number of aliphatic hydroxyl groups is 5. The molecule has 120 valence electrons. The molecule has 8 nitrogen and oxygen atoms in total. The Bertz CT molecular complexity index is 305. The van der Waals surface area contributed by atoms with Crippen LogP contribution in [0.25, 0.3) is 0 Å². The van der Waals surface area contributed by atoms with E-state index in [1.807, 2.05) is 0 Å². The summed E-state index contributed by atoms with van der Waals surface area (Å²) in [5.41, 5.74) is -0.693. The number of hydrogen-bond acceptors (Lipinski definition) is 7. The van der Waals surface area contributed by atoms with Crippen molar-refractivity contribution in [2.45, 2.75) is 50.8 Å². The summed E-state index contributed by atoms with van der Waals surface area (Å²) in [7, 11) is 1.36. The maximum absolute atomic E-state index is 11.6. The average molecular weight is 295 g/mol. The smallest absolute Gasteiger partial charge is 0.410 e. The van der Waals surface area contributed by atoms with Gasteiger partial charge in [-0.1, -0.05) is 0 Å². The van der Waals surface area contributed by atoms with Crippen LogP contribution >= 0.6 is 0 Å². The molecule has 0 aliphatic rings. The lowest BCUT2D eigenvalue weighted by Gasteiger charge is -2.29. The second kappa shape index (κ2) is 7.75. The Balaban J connectivity index is 4.44. The highest BCUT2D eigenvalue weighted by atomic mass is 16.6. The van der Waals surface area contributed by atoms with Crippen LogP contribution in [0, 0.1) is 0 Å². The Morgan fingerprint density at radius 3 is 1.95 bits per heavy atom. The molecule has 0 heterocycles. The third-order valence-corrected chi connectivity index (χ3v) is 2.49. The van der Waals surface area contributed by atoms with Crippen molar-refractivity contribution in [3.8, 4) is 0 Å². The minimum absolute atomic E-state index is 0.300. The molecule has 0 aliphatic carbocycles. The van der Waals surface area contributed by atoms with E-state index in [4.69, 9.17) is 14.9 Å². The molecule has 0 saturated heterocycles. The van der Waals surface area contributed by atoms with Crippen LogP contribution in [-0.4, -0.2) is 86.7 Å². The number of nitrogens with zero attached hydrogens (tertiary/aromatic N) is 1. The third-order valence-electron chi connectivity index (χ3n) is 2.49. The van der Waals surface area contributed by atoms with E-state index in [0.29, 0.717) is 0 Å². The Morgan fingerprint density at radius 2 is 1.55 bits per heavy atom. The van der Waals surface area contributed by atoms with E-state index in [1.165, 1.54) is 7.05 Å². The molecular weight excluding hydrogens is 270 g/mol. The number of carbonyl (C=O) groups excluding carboxylic acids is 1. The Kier molecular flexibility index (Phi) is 7.39. The highest BCUT2D eigenvalue weighted by Gasteiger charge is 2.32. The molecule has 0 aromatic heterocycles. The molecule has 0 unspecified atom stereocenters. The van der Waals surface area contributed by atoms with Crippen molar-refractivity contribution in [2.75, 3.05) is 20.2 Å². The molecule has 0 saturated carbocycles. The molecule has 0 rings (SSSR count). The lowest BCUT2D eigenvalue weighted by Crippen LogP contribution is -2.50. The van der Waals surface area contributed by atoms with Gasteiger partial charge in [0, 0.05) is 7.05 Å². The van der Waals surface area contributed by atoms with Crippen LogP contribution in [-0.2, 0) is 4.74 Å². The largest absolute Gasteiger partial charge is 0.444 e. The SMILES string of the molecule is CN(C[C@H](O)[C@@H](O)[C@H](O)[C@H](O)CO)C(=O)OC(C)(C)C. The van der Waals surface area contributed by atoms with Gasteiger partial charge in [-0.15, -0.1) is 0 Å². The van der Waals surface area contributed by atoms with Crippen LogP contribution in [0.15, 0.2) is 0 Å². The summed E-state index contributed by atoms with van der Waals surface area (Å²) in [6, 6.07) is 0. The standard InChI is InChI=1S/C12H25NO7/c1-12(2,3)20-11(19)13(4)5-7(15)9(17)10(18)8(16)6-14/h7-10,14-18H,5-6H2,1-4H3/t7-,8+,9+,10+/m0/s1. The van der Waals surface area contributed by atoms with Gasteiger partial charge in [-0.25, -0.2) is 4.79 Å². The van der Waals surface area contributed by atoms with E-state index in [1.54, 1.807) is 20.8 Å². The minimum atomic E-state index is -1.72. The van der Waals surface area contributed by atoms with E-state index >= 15 is 0 Å². The molecule has 5 N–H and O–H groups in total. The van der Waals surface area contributed by atoms with Gasteiger partial charge in [-0.2, -0.15) is 0 Å². The normalized spacial score (nSPS) is 18.1. The first-order valence-electron chi connectivity index (χ1n) is 6.26. The number of ether oxygens (including phenoxy) is 1. The molecule has 0 aromatic carbocycles. The molecule has 0 bridgehead atoms.